The molecule has 6 heteroatoms. The zero-order valence-corrected chi connectivity index (χ0v) is 11.7. The lowest BCUT2D eigenvalue weighted by Gasteiger charge is -2.46. The van der Waals surface area contributed by atoms with Crippen molar-refractivity contribution in [2.45, 2.75) is 12.8 Å². The maximum atomic E-state index is 11.4. The van der Waals surface area contributed by atoms with Crippen molar-refractivity contribution in [3.05, 3.63) is 23.8 Å². The number of para-hydroxylation sites is 1. The molecule has 3 heterocycles. The van der Waals surface area contributed by atoms with Gasteiger partial charge in [-0.1, -0.05) is 6.07 Å². The molecule has 0 saturated carbocycles. The summed E-state index contributed by atoms with van der Waals surface area (Å²) in [5.74, 6) is -0.482. The summed E-state index contributed by atoms with van der Waals surface area (Å²) in [6, 6.07) is 5.82. The minimum atomic E-state index is -0.482. The van der Waals surface area contributed by atoms with Gasteiger partial charge >= 0.3 is 0 Å². The highest BCUT2D eigenvalue weighted by atomic mass is 16.5. The topological polar surface area (TPSA) is 81.6 Å². The molecule has 1 spiro atoms. The number of piperidine rings is 1. The van der Waals surface area contributed by atoms with E-state index in [1.165, 1.54) is 0 Å². The van der Waals surface area contributed by atoms with Gasteiger partial charge in [0.05, 0.1) is 18.8 Å². The zero-order chi connectivity index (χ0) is 14.4. The first-order chi connectivity index (χ1) is 10.2. The molecular formula is C15H17N3O3. The molecule has 2 saturated heterocycles. The Labute approximate surface area is 121 Å². The Kier molecular flexibility index (Phi) is 2.68. The van der Waals surface area contributed by atoms with E-state index in [1.54, 1.807) is 12.1 Å². The van der Waals surface area contributed by atoms with Gasteiger partial charge in [0, 0.05) is 18.5 Å². The molecule has 0 atom stereocenters. The first-order valence-corrected chi connectivity index (χ1v) is 7.19. The lowest BCUT2D eigenvalue weighted by molar-refractivity contribution is -0.124. The van der Waals surface area contributed by atoms with E-state index in [0.717, 1.165) is 39.1 Å². The fourth-order valence-corrected chi connectivity index (χ4v) is 3.12. The minimum absolute atomic E-state index is 0.376. The highest BCUT2D eigenvalue weighted by Crippen LogP contribution is 2.39. The molecule has 4 rings (SSSR count). The van der Waals surface area contributed by atoms with Crippen molar-refractivity contribution in [3.8, 4) is 0 Å². The average Bonchev–Trinajstić information content (AvgIpc) is 2.89. The van der Waals surface area contributed by atoms with Crippen LogP contribution in [-0.2, 0) is 4.74 Å². The Morgan fingerprint density at radius 1 is 1.29 bits per heavy atom. The third-order valence-electron chi connectivity index (χ3n) is 4.58. The number of primary amides is 1. The number of hydrogen-bond donors (Lipinski definition) is 1. The third-order valence-corrected chi connectivity index (χ3v) is 4.58. The Balaban J connectivity index is 1.62. The van der Waals surface area contributed by atoms with Crippen molar-refractivity contribution in [2.75, 3.05) is 31.2 Å². The van der Waals surface area contributed by atoms with Gasteiger partial charge in [0.2, 0.25) is 0 Å². The molecule has 110 valence electrons. The SMILES string of the molecule is NC(=O)c1cccc2oc(N3CCC4(CC3)COC4)nc12. The Hall–Kier alpha value is -2.08. The van der Waals surface area contributed by atoms with E-state index in [9.17, 15) is 4.79 Å². The van der Waals surface area contributed by atoms with Gasteiger partial charge < -0.3 is 19.8 Å². The van der Waals surface area contributed by atoms with Crippen molar-refractivity contribution >= 4 is 23.0 Å². The number of oxazole rings is 1. The number of hydrogen-bond acceptors (Lipinski definition) is 5. The van der Waals surface area contributed by atoms with Crippen LogP contribution in [0, 0.1) is 5.41 Å². The highest BCUT2D eigenvalue weighted by molar-refractivity contribution is 6.03. The van der Waals surface area contributed by atoms with Crippen molar-refractivity contribution in [1.82, 2.24) is 4.98 Å². The second-order valence-electron chi connectivity index (χ2n) is 5.99. The van der Waals surface area contributed by atoms with Crippen LogP contribution in [0.25, 0.3) is 11.1 Å². The Bertz CT molecular complexity index is 695. The first kappa shape index (κ1) is 12.6. The van der Waals surface area contributed by atoms with E-state index in [0.29, 0.717) is 28.1 Å². The predicted octanol–water partition coefficient (Wildman–Crippen LogP) is 1.54. The van der Waals surface area contributed by atoms with Crippen LogP contribution in [0.5, 0.6) is 0 Å². The molecule has 0 bridgehead atoms. The molecular weight excluding hydrogens is 270 g/mol. The van der Waals surface area contributed by atoms with Crippen LogP contribution in [0.15, 0.2) is 22.6 Å². The number of benzene rings is 1. The minimum Gasteiger partial charge on any atom is -0.423 e. The molecule has 6 nitrogen and oxygen atoms in total. The Morgan fingerprint density at radius 3 is 2.67 bits per heavy atom. The molecule has 1 amide bonds. The largest absolute Gasteiger partial charge is 0.423 e. The molecule has 2 aliphatic rings. The lowest BCUT2D eigenvalue weighted by Crippen LogP contribution is -2.51. The molecule has 0 unspecified atom stereocenters. The van der Waals surface area contributed by atoms with E-state index in [1.807, 2.05) is 6.07 Å². The van der Waals surface area contributed by atoms with Crippen LogP contribution in [-0.4, -0.2) is 37.2 Å². The van der Waals surface area contributed by atoms with Crippen LogP contribution in [0.2, 0.25) is 0 Å². The fraction of sp³-hybridized carbons (Fsp3) is 0.467. The van der Waals surface area contributed by atoms with Gasteiger partial charge in [0.1, 0.15) is 5.52 Å². The number of nitrogens with two attached hydrogens (primary N) is 1. The van der Waals surface area contributed by atoms with E-state index in [2.05, 4.69) is 9.88 Å². The van der Waals surface area contributed by atoms with Crippen molar-refractivity contribution in [3.63, 3.8) is 0 Å². The molecule has 1 aromatic heterocycles. The summed E-state index contributed by atoms with van der Waals surface area (Å²) in [5.41, 5.74) is 7.32. The van der Waals surface area contributed by atoms with Crippen LogP contribution < -0.4 is 10.6 Å². The number of aromatic nitrogens is 1. The van der Waals surface area contributed by atoms with Crippen LogP contribution in [0.3, 0.4) is 0 Å². The lowest BCUT2D eigenvalue weighted by atomic mass is 9.77. The van der Waals surface area contributed by atoms with Crippen molar-refractivity contribution < 1.29 is 13.9 Å². The van der Waals surface area contributed by atoms with Gasteiger partial charge in [-0.25, -0.2) is 0 Å². The van der Waals surface area contributed by atoms with Crippen LogP contribution in [0.4, 0.5) is 6.01 Å². The standard InChI is InChI=1S/C15H17N3O3/c16-13(19)10-2-1-3-11-12(10)17-14(21-11)18-6-4-15(5-7-18)8-20-9-15/h1-3H,4-9H2,(H2,16,19). The number of carbonyl (C=O) groups excluding carboxylic acids is 1. The summed E-state index contributed by atoms with van der Waals surface area (Å²) in [5, 5.41) is 0. The molecule has 21 heavy (non-hydrogen) atoms. The smallest absolute Gasteiger partial charge is 0.298 e. The van der Waals surface area contributed by atoms with E-state index >= 15 is 0 Å². The summed E-state index contributed by atoms with van der Waals surface area (Å²) < 4.78 is 11.1. The van der Waals surface area contributed by atoms with Crippen molar-refractivity contribution in [1.29, 1.82) is 0 Å². The first-order valence-electron chi connectivity index (χ1n) is 7.19. The van der Waals surface area contributed by atoms with Crippen molar-refractivity contribution in [2.24, 2.45) is 11.1 Å². The summed E-state index contributed by atoms with van der Waals surface area (Å²) in [4.78, 5) is 18.1. The number of rotatable bonds is 2. The molecule has 1 aromatic carbocycles. The number of fused-ring (bicyclic) bond motifs is 1. The Morgan fingerprint density at radius 2 is 2.05 bits per heavy atom. The molecule has 2 fully saturated rings. The molecule has 2 aliphatic heterocycles. The molecule has 0 aliphatic carbocycles. The molecule has 0 radical (unpaired) electrons. The zero-order valence-electron chi connectivity index (χ0n) is 11.7. The summed E-state index contributed by atoms with van der Waals surface area (Å²) in [7, 11) is 0. The third kappa shape index (κ3) is 1.98. The average molecular weight is 287 g/mol. The molecule has 2 N–H and O–H groups in total. The number of anilines is 1. The summed E-state index contributed by atoms with van der Waals surface area (Å²) >= 11 is 0. The van der Waals surface area contributed by atoms with E-state index in [-0.39, 0.29) is 0 Å². The van der Waals surface area contributed by atoms with Gasteiger partial charge in [0.15, 0.2) is 5.58 Å². The van der Waals surface area contributed by atoms with Crippen LogP contribution >= 0.6 is 0 Å². The maximum Gasteiger partial charge on any atom is 0.298 e. The summed E-state index contributed by atoms with van der Waals surface area (Å²) in [6.45, 7) is 3.56. The maximum absolute atomic E-state index is 11.4. The van der Waals surface area contributed by atoms with Gasteiger partial charge in [-0.3, -0.25) is 4.79 Å². The highest BCUT2D eigenvalue weighted by Gasteiger charge is 2.41. The number of ether oxygens (including phenoxy) is 1. The number of carbonyl (C=O) groups is 1. The van der Waals surface area contributed by atoms with E-state index < -0.39 is 5.91 Å². The monoisotopic (exact) mass is 287 g/mol. The number of nitrogens with zero attached hydrogens (tertiary/aromatic N) is 2. The summed E-state index contributed by atoms with van der Waals surface area (Å²) in [6.07, 6.45) is 2.18. The van der Waals surface area contributed by atoms with Crippen LogP contribution in [0.1, 0.15) is 23.2 Å². The quantitative estimate of drug-likeness (QED) is 0.906. The second kappa shape index (κ2) is 4.46. The second-order valence-corrected chi connectivity index (χ2v) is 5.99. The normalized spacial score (nSPS) is 20.7. The van der Waals surface area contributed by atoms with E-state index in [4.69, 9.17) is 14.9 Å². The van der Waals surface area contributed by atoms with Gasteiger partial charge in [-0.05, 0) is 25.0 Å². The molecule has 2 aromatic rings. The van der Waals surface area contributed by atoms with Gasteiger partial charge in [-0.15, -0.1) is 0 Å². The van der Waals surface area contributed by atoms with Gasteiger partial charge in [0.25, 0.3) is 11.9 Å². The predicted molar refractivity (Wildman–Crippen MR) is 77.2 cm³/mol. The fourth-order valence-electron chi connectivity index (χ4n) is 3.12. The number of amides is 1. The van der Waals surface area contributed by atoms with Gasteiger partial charge in [-0.2, -0.15) is 4.98 Å².